The minimum Gasteiger partial charge on any atom is -0.462 e. The summed E-state index contributed by atoms with van der Waals surface area (Å²) in [6.45, 7) is 19.7. The summed E-state index contributed by atoms with van der Waals surface area (Å²) in [6, 6.07) is 0. The molecule has 290 valence electrons. The molecule has 0 unspecified atom stereocenters. The van der Waals surface area contributed by atoms with Crippen LogP contribution in [0.4, 0.5) is 0 Å². The van der Waals surface area contributed by atoms with Crippen molar-refractivity contribution in [2.75, 3.05) is 0 Å². The van der Waals surface area contributed by atoms with Crippen LogP contribution in [0, 0.1) is 17.8 Å². The standard InChI is InChI=1S/C43H70O8/c1-11-37(45)27-38(46)18-15-28(2)21-31(5)22-29(3)17-20-43(49)50-40-13-12-14-42(48)51-41(19-16-30(4)23-34(40)8)35(9)25-32(6)24-33(7)39(47)26-36(10)44/h15-17,20-22,24,33-41,44-47H,11-14,18-19,23,25-27H2,1-10H3/t33-,34+,35+,36-,37+,38-,39-,40+,41-/m1/s1. The Kier molecular flexibility index (Phi) is 22.2. The predicted octanol–water partition coefficient (Wildman–Crippen LogP) is 8.40. The lowest BCUT2D eigenvalue weighted by atomic mass is 9.89. The molecule has 4 N–H and O–H groups in total. The number of carbonyl (C=O) groups excluding carboxylic acids is 2. The van der Waals surface area contributed by atoms with Crippen molar-refractivity contribution in [3.05, 3.63) is 70.4 Å². The summed E-state index contributed by atoms with van der Waals surface area (Å²) in [6.07, 6.45) is 15.8. The van der Waals surface area contributed by atoms with Gasteiger partial charge in [-0.1, -0.05) is 92.0 Å². The van der Waals surface area contributed by atoms with E-state index in [1.165, 1.54) is 6.08 Å². The molecule has 1 rings (SSSR count). The van der Waals surface area contributed by atoms with Crippen molar-refractivity contribution in [1.29, 1.82) is 0 Å². The first kappa shape index (κ1) is 46.2. The van der Waals surface area contributed by atoms with E-state index in [0.29, 0.717) is 44.9 Å². The van der Waals surface area contributed by atoms with Crippen LogP contribution in [0.15, 0.2) is 70.4 Å². The average Bonchev–Trinajstić information content (AvgIpc) is 3.02. The topological polar surface area (TPSA) is 134 Å². The average molecular weight is 715 g/mol. The highest BCUT2D eigenvalue weighted by Gasteiger charge is 2.26. The Balaban J connectivity index is 2.87. The fourth-order valence-corrected chi connectivity index (χ4v) is 6.56. The molecule has 0 saturated carbocycles. The van der Waals surface area contributed by atoms with Crippen LogP contribution in [0.25, 0.3) is 0 Å². The molecule has 0 fully saturated rings. The zero-order chi connectivity index (χ0) is 38.7. The lowest BCUT2D eigenvalue weighted by Crippen LogP contribution is -2.28. The van der Waals surface area contributed by atoms with Crippen molar-refractivity contribution in [3.8, 4) is 0 Å². The molecule has 0 aliphatic carbocycles. The molecule has 1 aliphatic rings. The van der Waals surface area contributed by atoms with E-state index in [1.807, 2.05) is 65.8 Å². The Hall–Kier alpha value is -2.78. The third-order valence-corrected chi connectivity index (χ3v) is 9.53. The van der Waals surface area contributed by atoms with E-state index in [2.05, 4.69) is 26.8 Å². The van der Waals surface area contributed by atoms with Gasteiger partial charge < -0.3 is 29.9 Å². The molecule has 0 aromatic heterocycles. The summed E-state index contributed by atoms with van der Waals surface area (Å²) < 4.78 is 11.9. The molecule has 0 bridgehead atoms. The number of hydrogen-bond donors (Lipinski definition) is 4. The highest BCUT2D eigenvalue weighted by Crippen LogP contribution is 2.27. The van der Waals surface area contributed by atoms with Crippen LogP contribution in [-0.2, 0) is 19.1 Å². The normalized spacial score (nSPS) is 24.4. The van der Waals surface area contributed by atoms with E-state index in [4.69, 9.17) is 9.47 Å². The Labute approximate surface area is 309 Å². The number of cyclic esters (lactones) is 1. The quantitative estimate of drug-likeness (QED) is 0.0511. The fourth-order valence-electron chi connectivity index (χ4n) is 6.56. The van der Waals surface area contributed by atoms with Gasteiger partial charge in [-0.2, -0.15) is 0 Å². The van der Waals surface area contributed by atoms with Crippen molar-refractivity contribution in [1.82, 2.24) is 0 Å². The lowest BCUT2D eigenvalue weighted by Gasteiger charge is -2.27. The Morgan fingerprint density at radius 3 is 2.29 bits per heavy atom. The van der Waals surface area contributed by atoms with Gasteiger partial charge in [0.1, 0.15) is 12.2 Å². The van der Waals surface area contributed by atoms with E-state index in [9.17, 15) is 30.0 Å². The highest BCUT2D eigenvalue weighted by atomic mass is 16.5. The number of allylic oxidation sites excluding steroid dienone is 8. The monoisotopic (exact) mass is 715 g/mol. The Bertz CT molecular complexity index is 1250. The lowest BCUT2D eigenvalue weighted by molar-refractivity contribution is -0.152. The smallest absolute Gasteiger partial charge is 0.331 e. The number of esters is 2. The third kappa shape index (κ3) is 20.7. The van der Waals surface area contributed by atoms with Crippen molar-refractivity contribution in [2.24, 2.45) is 17.8 Å². The molecule has 0 aromatic carbocycles. The van der Waals surface area contributed by atoms with Gasteiger partial charge in [-0.15, -0.1) is 0 Å². The van der Waals surface area contributed by atoms with Gasteiger partial charge in [0, 0.05) is 24.8 Å². The number of ether oxygens (including phenoxy) is 2. The second kappa shape index (κ2) is 24.5. The molecule has 0 spiro atoms. The molecule has 8 heteroatoms. The maximum absolute atomic E-state index is 12.9. The molecule has 1 aliphatic heterocycles. The molecular weight excluding hydrogens is 644 g/mol. The number of aliphatic hydroxyl groups is 4. The Morgan fingerprint density at radius 1 is 0.980 bits per heavy atom. The summed E-state index contributed by atoms with van der Waals surface area (Å²) in [7, 11) is 0. The minimum atomic E-state index is -0.614. The van der Waals surface area contributed by atoms with E-state index in [0.717, 1.165) is 40.7 Å². The maximum atomic E-state index is 12.9. The zero-order valence-corrected chi connectivity index (χ0v) is 33.2. The molecule has 0 radical (unpaired) electrons. The molecule has 0 saturated heterocycles. The summed E-state index contributed by atoms with van der Waals surface area (Å²) in [4.78, 5) is 25.9. The molecule has 0 amide bonds. The second-order valence-electron chi connectivity index (χ2n) is 15.3. The molecular formula is C43H70O8. The predicted molar refractivity (Wildman–Crippen MR) is 207 cm³/mol. The molecule has 8 nitrogen and oxygen atoms in total. The molecule has 51 heavy (non-hydrogen) atoms. The minimum absolute atomic E-state index is 0.0741. The van der Waals surface area contributed by atoms with Crippen LogP contribution in [-0.4, -0.2) is 69.0 Å². The van der Waals surface area contributed by atoms with Crippen LogP contribution in [0.1, 0.15) is 133 Å². The van der Waals surface area contributed by atoms with Gasteiger partial charge in [-0.3, -0.25) is 4.79 Å². The van der Waals surface area contributed by atoms with Crippen LogP contribution in [0.3, 0.4) is 0 Å². The summed E-state index contributed by atoms with van der Waals surface area (Å²) >= 11 is 0. The van der Waals surface area contributed by atoms with Crippen LogP contribution >= 0.6 is 0 Å². The van der Waals surface area contributed by atoms with Gasteiger partial charge >= 0.3 is 11.9 Å². The number of aliphatic hydroxyl groups excluding tert-OH is 4. The first-order chi connectivity index (χ1) is 23.9. The van der Waals surface area contributed by atoms with E-state index >= 15 is 0 Å². The van der Waals surface area contributed by atoms with Gasteiger partial charge in [-0.25, -0.2) is 4.79 Å². The molecule has 1 heterocycles. The maximum Gasteiger partial charge on any atom is 0.331 e. The van der Waals surface area contributed by atoms with Crippen LogP contribution < -0.4 is 0 Å². The molecule has 9 atom stereocenters. The van der Waals surface area contributed by atoms with Gasteiger partial charge in [0.05, 0.1) is 24.4 Å². The summed E-state index contributed by atoms with van der Waals surface area (Å²) in [5.41, 5.74) is 5.19. The van der Waals surface area contributed by atoms with E-state index in [1.54, 1.807) is 13.0 Å². The number of rotatable bonds is 17. The van der Waals surface area contributed by atoms with Crippen molar-refractivity contribution >= 4 is 11.9 Å². The van der Waals surface area contributed by atoms with Gasteiger partial charge in [0.25, 0.3) is 0 Å². The fraction of sp³-hybridized carbons (Fsp3) is 0.674. The highest BCUT2D eigenvalue weighted by molar-refractivity contribution is 5.82. The van der Waals surface area contributed by atoms with Gasteiger partial charge in [0.15, 0.2) is 0 Å². The first-order valence-electron chi connectivity index (χ1n) is 19.1. The summed E-state index contributed by atoms with van der Waals surface area (Å²) in [5.74, 6) is -0.597. The zero-order valence-electron chi connectivity index (χ0n) is 33.2. The third-order valence-electron chi connectivity index (χ3n) is 9.53. The largest absolute Gasteiger partial charge is 0.462 e. The van der Waals surface area contributed by atoms with Crippen LogP contribution in [0.2, 0.25) is 0 Å². The second-order valence-corrected chi connectivity index (χ2v) is 15.3. The molecule has 0 aromatic rings. The van der Waals surface area contributed by atoms with Gasteiger partial charge in [-0.05, 0) is 105 Å². The summed E-state index contributed by atoms with van der Waals surface area (Å²) in [5, 5.41) is 39.8. The Morgan fingerprint density at radius 2 is 1.65 bits per heavy atom. The van der Waals surface area contributed by atoms with Crippen molar-refractivity contribution in [2.45, 2.75) is 170 Å². The SMILES string of the molecule is CC[C@H](O)C[C@H](O)CC=C(C)C=C(C)C=C(C)C=CC(=O)O[C@H]1CCCC(=O)O[C@@H]([C@@H](C)CC(C)=C[C@@H](C)[C@H](O)C[C@@H](C)O)CC=C(C)C[C@@H]1C. The van der Waals surface area contributed by atoms with E-state index < -0.39 is 30.4 Å². The number of carbonyl (C=O) groups is 2. The number of hydrogen-bond acceptors (Lipinski definition) is 8. The first-order valence-corrected chi connectivity index (χ1v) is 19.1. The van der Waals surface area contributed by atoms with Crippen LogP contribution in [0.5, 0.6) is 0 Å². The van der Waals surface area contributed by atoms with E-state index in [-0.39, 0.29) is 42.4 Å². The van der Waals surface area contributed by atoms with Gasteiger partial charge in [0.2, 0.25) is 0 Å². The van der Waals surface area contributed by atoms with Crippen molar-refractivity contribution in [3.63, 3.8) is 0 Å². The van der Waals surface area contributed by atoms with Crippen molar-refractivity contribution < 1.29 is 39.5 Å².